The molecule has 0 amide bonds. The van der Waals surface area contributed by atoms with Crippen molar-refractivity contribution in [2.24, 2.45) is 0 Å². The molecular weight excluding hydrogens is 184 g/mol. The second-order valence-electron chi connectivity index (χ2n) is 4.31. The zero-order valence-electron chi connectivity index (χ0n) is 9.66. The van der Waals surface area contributed by atoms with E-state index in [0.717, 1.165) is 6.54 Å². The Morgan fingerprint density at radius 1 is 1.40 bits per heavy atom. The molecule has 1 unspecified atom stereocenters. The summed E-state index contributed by atoms with van der Waals surface area (Å²) >= 11 is 0. The van der Waals surface area contributed by atoms with E-state index in [1.165, 1.54) is 30.6 Å². The van der Waals surface area contributed by atoms with E-state index in [2.05, 4.69) is 41.4 Å². The summed E-state index contributed by atoms with van der Waals surface area (Å²) in [5, 5.41) is 3.22. The van der Waals surface area contributed by atoms with Gasteiger partial charge in [-0.1, -0.05) is 18.2 Å². The highest BCUT2D eigenvalue weighted by Crippen LogP contribution is 2.29. The maximum atomic E-state index is 3.22. The van der Waals surface area contributed by atoms with Crippen LogP contribution in [0.15, 0.2) is 24.3 Å². The Labute approximate surface area is 92.3 Å². The number of fused-ring (bicyclic) bond motifs is 1. The van der Waals surface area contributed by atoms with Gasteiger partial charge in [0.15, 0.2) is 0 Å². The fraction of sp³-hybridized carbons (Fsp3) is 0.538. The molecular formula is C13H20N2. The highest BCUT2D eigenvalue weighted by Gasteiger charge is 2.22. The van der Waals surface area contributed by atoms with Gasteiger partial charge in [-0.25, -0.2) is 0 Å². The molecule has 2 rings (SSSR count). The van der Waals surface area contributed by atoms with Gasteiger partial charge in [0.25, 0.3) is 0 Å². The first-order valence-corrected chi connectivity index (χ1v) is 5.82. The standard InChI is InChI=1S/C13H20N2/c1-11(7-9-14-2)15-10-8-12-5-3-4-6-13(12)15/h3-6,11,14H,7-10H2,1-2H3. The summed E-state index contributed by atoms with van der Waals surface area (Å²) < 4.78 is 0. The summed E-state index contributed by atoms with van der Waals surface area (Å²) in [6.07, 6.45) is 2.42. The minimum Gasteiger partial charge on any atom is -0.368 e. The number of benzene rings is 1. The average molecular weight is 204 g/mol. The van der Waals surface area contributed by atoms with E-state index < -0.39 is 0 Å². The maximum Gasteiger partial charge on any atom is 0.0401 e. The smallest absolute Gasteiger partial charge is 0.0401 e. The minimum atomic E-state index is 0.640. The predicted molar refractivity (Wildman–Crippen MR) is 65.5 cm³/mol. The van der Waals surface area contributed by atoms with Gasteiger partial charge >= 0.3 is 0 Å². The summed E-state index contributed by atoms with van der Waals surface area (Å²) in [6.45, 7) is 4.60. The number of nitrogens with zero attached hydrogens (tertiary/aromatic N) is 1. The van der Waals surface area contributed by atoms with Crippen LogP contribution in [0.4, 0.5) is 5.69 Å². The number of nitrogens with one attached hydrogen (secondary N) is 1. The third kappa shape index (κ3) is 2.15. The summed E-state index contributed by atoms with van der Waals surface area (Å²) in [5.41, 5.74) is 2.95. The second kappa shape index (κ2) is 4.67. The van der Waals surface area contributed by atoms with E-state index in [9.17, 15) is 0 Å². The Morgan fingerprint density at radius 3 is 3.00 bits per heavy atom. The molecule has 1 heterocycles. The summed E-state index contributed by atoms with van der Waals surface area (Å²) in [6, 6.07) is 9.42. The van der Waals surface area contributed by atoms with Crippen LogP contribution in [0.3, 0.4) is 0 Å². The van der Waals surface area contributed by atoms with Gasteiger partial charge in [-0.05, 0) is 45.0 Å². The highest BCUT2D eigenvalue weighted by molar-refractivity contribution is 5.58. The number of hydrogen-bond acceptors (Lipinski definition) is 2. The van der Waals surface area contributed by atoms with Gasteiger partial charge in [0.2, 0.25) is 0 Å². The molecule has 1 aromatic carbocycles. The van der Waals surface area contributed by atoms with Crippen LogP contribution in [-0.4, -0.2) is 26.2 Å². The van der Waals surface area contributed by atoms with Crippen LogP contribution in [-0.2, 0) is 6.42 Å². The zero-order chi connectivity index (χ0) is 10.7. The van der Waals surface area contributed by atoms with Crippen molar-refractivity contribution >= 4 is 5.69 Å². The molecule has 0 radical (unpaired) electrons. The maximum absolute atomic E-state index is 3.22. The molecule has 0 fully saturated rings. The lowest BCUT2D eigenvalue weighted by molar-refractivity contribution is 0.582. The molecule has 0 aliphatic carbocycles. The molecule has 1 aliphatic rings. The molecule has 0 saturated heterocycles. The predicted octanol–water partition coefficient (Wildman–Crippen LogP) is 2.05. The van der Waals surface area contributed by atoms with Crippen molar-refractivity contribution in [3.05, 3.63) is 29.8 Å². The van der Waals surface area contributed by atoms with Gasteiger partial charge < -0.3 is 10.2 Å². The van der Waals surface area contributed by atoms with E-state index in [4.69, 9.17) is 0 Å². The van der Waals surface area contributed by atoms with Crippen LogP contribution in [0.5, 0.6) is 0 Å². The van der Waals surface area contributed by atoms with Crippen molar-refractivity contribution in [2.75, 3.05) is 25.0 Å². The molecule has 2 nitrogen and oxygen atoms in total. The molecule has 0 bridgehead atoms. The van der Waals surface area contributed by atoms with Crippen molar-refractivity contribution in [3.63, 3.8) is 0 Å². The molecule has 15 heavy (non-hydrogen) atoms. The lowest BCUT2D eigenvalue weighted by Gasteiger charge is -2.27. The molecule has 1 atom stereocenters. The van der Waals surface area contributed by atoms with E-state index in [0.29, 0.717) is 6.04 Å². The Balaban J connectivity index is 2.06. The molecule has 1 N–H and O–H groups in total. The van der Waals surface area contributed by atoms with Crippen molar-refractivity contribution < 1.29 is 0 Å². The Hall–Kier alpha value is -1.02. The minimum absolute atomic E-state index is 0.640. The normalized spacial score (nSPS) is 16.5. The van der Waals surface area contributed by atoms with Gasteiger partial charge in [-0.15, -0.1) is 0 Å². The second-order valence-corrected chi connectivity index (χ2v) is 4.31. The van der Waals surface area contributed by atoms with Crippen molar-refractivity contribution in [3.8, 4) is 0 Å². The van der Waals surface area contributed by atoms with Crippen LogP contribution < -0.4 is 10.2 Å². The first-order valence-electron chi connectivity index (χ1n) is 5.82. The summed E-state index contributed by atoms with van der Waals surface area (Å²) in [7, 11) is 2.02. The van der Waals surface area contributed by atoms with Crippen molar-refractivity contribution in [2.45, 2.75) is 25.8 Å². The third-order valence-corrected chi connectivity index (χ3v) is 3.27. The van der Waals surface area contributed by atoms with Gasteiger partial charge in [0.1, 0.15) is 0 Å². The number of para-hydroxylation sites is 1. The fourth-order valence-electron chi connectivity index (χ4n) is 2.33. The average Bonchev–Trinajstić information content (AvgIpc) is 2.69. The van der Waals surface area contributed by atoms with Gasteiger partial charge in [-0.2, -0.15) is 0 Å². The third-order valence-electron chi connectivity index (χ3n) is 3.27. The summed E-state index contributed by atoms with van der Waals surface area (Å²) in [5.74, 6) is 0. The van der Waals surface area contributed by atoms with E-state index >= 15 is 0 Å². The molecule has 1 aromatic rings. The van der Waals surface area contributed by atoms with Crippen molar-refractivity contribution in [1.29, 1.82) is 0 Å². The quantitative estimate of drug-likeness (QED) is 0.807. The fourth-order valence-corrected chi connectivity index (χ4v) is 2.33. The van der Waals surface area contributed by atoms with Crippen LogP contribution in [0.1, 0.15) is 18.9 Å². The van der Waals surface area contributed by atoms with Crippen molar-refractivity contribution in [1.82, 2.24) is 5.32 Å². The molecule has 1 aliphatic heterocycles. The molecule has 2 heteroatoms. The van der Waals surface area contributed by atoms with E-state index in [1.54, 1.807) is 0 Å². The van der Waals surface area contributed by atoms with Gasteiger partial charge in [0.05, 0.1) is 0 Å². The molecule has 0 aromatic heterocycles. The van der Waals surface area contributed by atoms with Gasteiger partial charge in [0, 0.05) is 18.3 Å². The lowest BCUT2D eigenvalue weighted by Crippen LogP contribution is -2.33. The zero-order valence-corrected chi connectivity index (χ0v) is 9.66. The molecule has 0 saturated carbocycles. The number of anilines is 1. The largest absolute Gasteiger partial charge is 0.368 e. The van der Waals surface area contributed by atoms with E-state index in [1.807, 2.05) is 7.05 Å². The Bertz CT molecular complexity index is 322. The molecule has 82 valence electrons. The van der Waals surface area contributed by atoms with Crippen LogP contribution >= 0.6 is 0 Å². The number of rotatable bonds is 4. The van der Waals surface area contributed by atoms with Gasteiger partial charge in [-0.3, -0.25) is 0 Å². The first-order chi connectivity index (χ1) is 7.33. The molecule has 0 spiro atoms. The SMILES string of the molecule is CNCCC(C)N1CCc2ccccc21. The monoisotopic (exact) mass is 204 g/mol. The van der Waals surface area contributed by atoms with Crippen LogP contribution in [0.2, 0.25) is 0 Å². The highest BCUT2D eigenvalue weighted by atomic mass is 15.2. The topological polar surface area (TPSA) is 15.3 Å². The lowest BCUT2D eigenvalue weighted by atomic mass is 10.1. The Kier molecular flexibility index (Phi) is 3.27. The summed E-state index contributed by atoms with van der Waals surface area (Å²) in [4.78, 5) is 2.53. The number of hydrogen-bond donors (Lipinski definition) is 1. The first kappa shape index (κ1) is 10.5. The Morgan fingerprint density at radius 2 is 2.20 bits per heavy atom. The van der Waals surface area contributed by atoms with Crippen LogP contribution in [0, 0.1) is 0 Å². The van der Waals surface area contributed by atoms with E-state index in [-0.39, 0.29) is 0 Å². The van der Waals surface area contributed by atoms with Crippen LogP contribution in [0.25, 0.3) is 0 Å².